The smallest absolute Gasteiger partial charge is 0.248 e. The summed E-state index contributed by atoms with van der Waals surface area (Å²) in [5.41, 5.74) is 4.73. The lowest BCUT2D eigenvalue weighted by Crippen LogP contribution is -2.27. The number of benzene rings is 2. The second kappa shape index (κ2) is 5.36. The number of hydrogen-bond donors (Lipinski definition) is 1. The number of rotatable bonds is 1. The van der Waals surface area contributed by atoms with Crippen molar-refractivity contribution in [3.63, 3.8) is 0 Å². The highest BCUT2D eigenvalue weighted by Crippen LogP contribution is 2.45. The highest BCUT2D eigenvalue weighted by Gasteiger charge is 2.34. The van der Waals surface area contributed by atoms with Crippen molar-refractivity contribution in [2.45, 2.75) is 10.9 Å². The van der Waals surface area contributed by atoms with E-state index in [0.717, 1.165) is 22.0 Å². The maximum Gasteiger partial charge on any atom is 0.248 e. The van der Waals surface area contributed by atoms with Gasteiger partial charge in [0.2, 0.25) is 5.95 Å². The fourth-order valence-electron chi connectivity index (χ4n) is 3.26. The van der Waals surface area contributed by atoms with Crippen LogP contribution in [-0.2, 0) is 0 Å². The molecular weight excluding hydrogens is 342 g/mol. The Labute approximate surface area is 147 Å². The van der Waals surface area contributed by atoms with Gasteiger partial charge >= 0.3 is 0 Å². The molecule has 2 aliphatic heterocycles. The highest BCUT2D eigenvalue weighted by molar-refractivity contribution is 7.99. The van der Waals surface area contributed by atoms with Gasteiger partial charge in [-0.05, 0) is 39.8 Å². The number of tetrazole rings is 1. The average Bonchev–Trinajstić information content (AvgIpc) is 3.09. The third-order valence-electron chi connectivity index (χ3n) is 4.35. The fourth-order valence-corrected chi connectivity index (χ4v) is 4.50. The Bertz CT molecular complexity index is 963. The van der Waals surface area contributed by atoms with Gasteiger partial charge in [-0.15, -0.1) is 11.8 Å². The summed E-state index contributed by atoms with van der Waals surface area (Å²) in [6, 6.07) is 16.3. The van der Waals surface area contributed by atoms with Crippen LogP contribution in [0.25, 0.3) is 5.70 Å². The van der Waals surface area contributed by atoms with Crippen molar-refractivity contribution in [3.05, 3.63) is 70.3 Å². The molecule has 5 nitrogen and oxygen atoms in total. The van der Waals surface area contributed by atoms with E-state index in [-0.39, 0.29) is 6.04 Å². The molecule has 0 saturated carbocycles. The first-order chi connectivity index (χ1) is 11.8. The van der Waals surface area contributed by atoms with Crippen LogP contribution in [0.5, 0.6) is 0 Å². The zero-order valence-electron chi connectivity index (χ0n) is 12.5. The maximum atomic E-state index is 6.06. The van der Waals surface area contributed by atoms with Gasteiger partial charge < -0.3 is 5.32 Å². The molecule has 24 heavy (non-hydrogen) atoms. The summed E-state index contributed by atoms with van der Waals surface area (Å²) < 4.78 is 1.84. The third kappa shape index (κ3) is 2.07. The number of anilines is 1. The van der Waals surface area contributed by atoms with Crippen LogP contribution in [0, 0.1) is 0 Å². The largest absolute Gasteiger partial charge is 0.322 e. The van der Waals surface area contributed by atoms with Crippen molar-refractivity contribution < 1.29 is 0 Å². The number of aromatic nitrogens is 4. The van der Waals surface area contributed by atoms with Crippen LogP contribution in [0.2, 0.25) is 5.02 Å². The van der Waals surface area contributed by atoms with E-state index in [1.54, 1.807) is 0 Å². The third-order valence-corrected chi connectivity index (χ3v) is 5.72. The number of halogens is 1. The maximum absolute atomic E-state index is 6.06. The molecule has 2 aromatic carbocycles. The van der Waals surface area contributed by atoms with Crippen molar-refractivity contribution in [3.8, 4) is 0 Å². The molecule has 5 rings (SSSR count). The Morgan fingerprint density at radius 3 is 2.83 bits per heavy atom. The topological polar surface area (TPSA) is 55.6 Å². The molecular formula is C17H12ClN5S. The van der Waals surface area contributed by atoms with Gasteiger partial charge in [0, 0.05) is 21.2 Å². The lowest BCUT2D eigenvalue weighted by atomic mass is 9.94. The minimum Gasteiger partial charge on any atom is -0.322 e. The first kappa shape index (κ1) is 14.1. The van der Waals surface area contributed by atoms with Crippen molar-refractivity contribution in [1.82, 2.24) is 20.2 Å². The summed E-state index contributed by atoms with van der Waals surface area (Å²) in [7, 11) is 0. The number of nitrogens with zero attached hydrogens (tertiary/aromatic N) is 4. The molecule has 0 unspecified atom stereocenters. The predicted molar refractivity (Wildman–Crippen MR) is 95.1 cm³/mol. The highest BCUT2D eigenvalue weighted by atomic mass is 35.5. The van der Waals surface area contributed by atoms with Crippen molar-refractivity contribution >= 4 is 35.0 Å². The molecule has 3 heterocycles. The SMILES string of the molecule is Clc1ccc([C@@H]2C3=C(Nc4nnnn42)c2ccccc2SC3)cc1. The molecule has 1 N–H and O–H groups in total. The normalized spacial score (nSPS) is 18.5. The van der Waals surface area contributed by atoms with E-state index in [4.69, 9.17) is 11.6 Å². The zero-order chi connectivity index (χ0) is 16.1. The van der Waals surface area contributed by atoms with Gasteiger partial charge in [-0.1, -0.05) is 47.0 Å². The van der Waals surface area contributed by atoms with Gasteiger partial charge in [0.25, 0.3) is 0 Å². The lowest BCUT2D eigenvalue weighted by molar-refractivity contribution is 0.563. The van der Waals surface area contributed by atoms with Crippen molar-refractivity contribution in [2.24, 2.45) is 0 Å². The van der Waals surface area contributed by atoms with Crippen LogP contribution in [0.1, 0.15) is 17.2 Å². The summed E-state index contributed by atoms with van der Waals surface area (Å²) in [5.74, 6) is 1.56. The van der Waals surface area contributed by atoms with Crippen molar-refractivity contribution in [1.29, 1.82) is 0 Å². The first-order valence-electron chi connectivity index (χ1n) is 7.57. The monoisotopic (exact) mass is 353 g/mol. The molecule has 2 aliphatic rings. The zero-order valence-corrected chi connectivity index (χ0v) is 14.1. The average molecular weight is 354 g/mol. The molecule has 7 heteroatoms. The van der Waals surface area contributed by atoms with E-state index in [1.807, 2.05) is 40.7 Å². The summed E-state index contributed by atoms with van der Waals surface area (Å²) in [6.07, 6.45) is 0. The Hall–Kier alpha value is -2.31. The molecule has 0 fully saturated rings. The molecule has 0 bridgehead atoms. The lowest BCUT2D eigenvalue weighted by Gasteiger charge is -2.33. The van der Waals surface area contributed by atoms with E-state index in [2.05, 4.69) is 45.1 Å². The number of hydrogen-bond acceptors (Lipinski definition) is 5. The summed E-state index contributed by atoms with van der Waals surface area (Å²) in [5, 5.41) is 16.3. The fraction of sp³-hybridized carbons (Fsp3) is 0.118. The van der Waals surface area contributed by atoms with Crippen LogP contribution in [0.4, 0.5) is 5.95 Å². The van der Waals surface area contributed by atoms with E-state index in [1.165, 1.54) is 16.0 Å². The van der Waals surface area contributed by atoms with Crippen molar-refractivity contribution in [2.75, 3.05) is 11.1 Å². The van der Waals surface area contributed by atoms with E-state index < -0.39 is 0 Å². The van der Waals surface area contributed by atoms with Gasteiger partial charge in [0.05, 0.1) is 5.70 Å². The predicted octanol–water partition coefficient (Wildman–Crippen LogP) is 3.86. The van der Waals surface area contributed by atoms with E-state index in [0.29, 0.717) is 5.95 Å². The molecule has 0 saturated heterocycles. The molecule has 0 aliphatic carbocycles. The molecule has 3 aromatic rings. The Morgan fingerprint density at radius 2 is 1.96 bits per heavy atom. The van der Waals surface area contributed by atoms with Gasteiger partial charge in [-0.2, -0.15) is 4.68 Å². The number of nitrogens with one attached hydrogen (secondary N) is 1. The second-order valence-corrected chi connectivity index (χ2v) is 7.16. The van der Waals surface area contributed by atoms with Gasteiger partial charge in [-0.3, -0.25) is 0 Å². The van der Waals surface area contributed by atoms with Gasteiger partial charge in [0.15, 0.2) is 0 Å². The molecule has 1 aromatic heterocycles. The Balaban J connectivity index is 1.73. The molecule has 1 atom stereocenters. The van der Waals surface area contributed by atoms with Crippen LogP contribution >= 0.6 is 23.4 Å². The molecule has 118 valence electrons. The van der Waals surface area contributed by atoms with Crippen LogP contribution in [0.15, 0.2) is 59.0 Å². The van der Waals surface area contributed by atoms with Gasteiger partial charge in [0.1, 0.15) is 6.04 Å². The summed E-state index contributed by atoms with van der Waals surface area (Å²) >= 11 is 7.91. The quantitative estimate of drug-likeness (QED) is 0.720. The number of thioether (sulfide) groups is 1. The van der Waals surface area contributed by atoms with Crippen LogP contribution in [0.3, 0.4) is 0 Å². The standard InChI is InChI=1S/C17H12ClN5S/c18-11-7-5-10(6-8-11)16-13-9-24-14-4-2-1-3-12(14)15(13)19-17-20-21-22-23(16)17/h1-8,16H,9H2,(H,19,20,22)/t16-/m1/s1. The summed E-state index contributed by atoms with van der Waals surface area (Å²) in [4.78, 5) is 1.28. The molecule has 0 amide bonds. The minimum absolute atomic E-state index is 0.0237. The van der Waals surface area contributed by atoms with Crippen LogP contribution in [-0.4, -0.2) is 26.0 Å². The Kier molecular flexibility index (Phi) is 3.14. The van der Waals surface area contributed by atoms with Gasteiger partial charge in [-0.25, -0.2) is 0 Å². The van der Waals surface area contributed by atoms with E-state index in [9.17, 15) is 0 Å². The molecule has 0 radical (unpaired) electrons. The first-order valence-corrected chi connectivity index (χ1v) is 8.93. The minimum atomic E-state index is -0.0237. The van der Waals surface area contributed by atoms with E-state index >= 15 is 0 Å². The van der Waals surface area contributed by atoms with Crippen LogP contribution < -0.4 is 5.32 Å². The number of fused-ring (bicyclic) bond motifs is 3. The Morgan fingerprint density at radius 1 is 1.12 bits per heavy atom. The molecule has 0 spiro atoms. The second-order valence-electron chi connectivity index (χ2n) is 5.71. The summed E-state index contributed by atoms with van der Waals surface area (Å²) in [6.45, 7) is 0.